The number of rotatable bonds is 2. The van der Waals surface area contributed by atoms with E-state index < -0.39 is 12.1 Å². The molecule has 0 aromatic heterocycles. The van der Waals surface area contributed by atoms with E-state index in [1.54, 1.807) is 24.3 Å². The van der Waals surface area contributed by atoms with Crippen LogP contribution < -0.4 is 5.32 Å². The van der Waals surface area contributed by atoms with E-state index in [2.05, 4.69) is 5.32 Å². The van der Waals surface area contributed by atoms with Crippen molar-refractivity contribution in [1.82, 2.24) is 0 Å². The Balaban J connectivity index is 1.85. The molecule has 100 valence electrons. The molecule has 0 unspecified atom stereocenters. The van der Waals surface area contributed by atoms with Gasteiger partial charge in [0, 0.05) is 11.7 Å². The summed E-state index contributed by atoms with van der Waals surface area (Å²) in [4.78, 5) is 0. The minimum Gasteiger partial charge on any atom is -0.508 e. The molecule has 5 heteroatoms. The van der Waals surface area contributed by atoms with Crippen molar-refractivity contribution in [3.63, 3.8) is 0 Å². The topological polar surface area (TPSA) is 32.3 Å². The van der Waals surface area contributed by atoms with Crippen molar-refractivity contribution < 1.29 is 18.3 Å². The fraction of sp³-hybridized carbons (Fsp3) is 0.538. The summed E-state index contributed by atoms with van der Waals surface area (Å²) in [7, 11) is 0. The summed E-state index contributed by atoms with van der Waals surface area (Å²) < 4.78 is 37.5. The van der Waals surface area contributed by atoms with Gasteiger partial charge in [0.1, 0.15) is 5.75 Å². The van der Waals surface area contributed by atoms with E-state index in [1.807, 2.05) is 0 Å². The van der Waals surface area contributed by atoms with Gasteiger partial charge < -0.3 is 10.4 Å². The van der Waals surface area contributed by atoms with E-state index in [-0.39, 0.29) is 24.6 Å². The third kappa shape index (κ3) is 3.31. The molecule has 1 aliphatic carbocycles. The molecule has 1 aromatic rings. The fourth-order valence-electron chi connectivity index (χ4n) is 2.36. The van der Waals surface area contributed by atoms with Gasteiger partial charge in [0.05, 0.1) is 5.92 Å². The van der Waals surface area contributed by atoms with E-state index in [9.17, 15) is 13.2 Å². The van der Waals surface area contributed by atoms with Crippen LogP contribution in [0, 0.1) is 5.92 Å². The summed E-state index contributed by atoms with van der Waals surface area (Å²) in [6.45, 7) is 0. The molecule has 0 aliphatic heterocycles. The van der Waals surface area contributed by atoms with E-state index in [4.69, 9.17) is 5.11 Å². The van der Waals surface area contributed by atoms with Gasteiger partial charge in [0.15, 0.2) is 0 Å². The Labute approximate surface area is 104 Å². The monoisotopic (exact) mass is 259 g/mol. The van der Waals surface area contributed by atoms with Gasteiger partial charge in [0.2, 0.25) is 0 Å². The molecule has 2 N–H and O–H groups in total. The summed E-state index contributed by atoms with van der Waals surface area (Å²) in [6.07, 6.45) is -2.60. The molecule has 18 heavy (non-hydrogen) atoms. The molecule has 0 bridgehead atoms. The number of hydrogen-bond acceptors (Lipinski definition) is 2. The Kier molecular flexibility index (Phi) is 3.68. The van der Waals surface area contributed by atoms with Crippen LogP contribution in [0.1, 0.15) is 25.7 Å². The second kappa shape index (κ2) is 5.08. The van der Waals surface area contributed by atoms with E-state index in [1.165, 1.54) is 0 Å². The van der Waals surface area contributed by atoms with Crippen LogP contribution in [-0.2, 0) is 0 Å². The molecule has 0 saturated heterocycles. The lowest BCUT2D eigenvalue weighted by Crippen LogP contribution is -2.32. The van der Waals surface area contributed by atoms with Gasteiger partial charge in [-0.05, 0) is 49.9 Å². The summed E-state index contributed by atoms with van der Waals surface area (Å²) in [5.74, 6) is -0.961. The van der Waals surface area contributed by atoms with E-state index in [0.717, 1.165) is 5.69 Å². The number of alkyl halides is 3. The van der Waals surface area contributed by atoms with Crippen molar-refractivity contribution in [3.05, 3.63) is 24.3 Å². The molecule has 1 fully saturated rings. The molecular weight excluding hydrogens is 243 g/mol. The highest BCUT2D eigenvalue weighted by atomic mass is 19.4. The minimum atomic E-state index is -4.05. The van der Waals surface area contributed by atoms with Gasteiger partial charge in [-0.3, -0.25) is 0 Å². The molecule has 1 aliphatic rings. The zero-order valence-electron chi connectivity index (χ0n) is 9.87. The first-order chi connectivity index (χ1) is 8.45. The summed E-state index contributed by atoms with van der Waals surface area (Å²) >= 11 is 0. The second-order valence-corrected chi connectivity index (χ2v) is 4.78. The summed E-state index contributed by atoms with van der Waals surface area (Å²) in [6, 6.07) is 6.66. The summed E-state index contributed by atoms with van der Waals surface area (Å²) in [5.41, 5.74) is 0.836. The number of benzene rings is 1. The third-order valence-corrected chi connectivity index (χ3v) is 3.43. The molecule has 0 radical (unpaired) electrons. The van der Waals surface area contributed by atoms with Crippen molar-refractivity contribution in [2.45, 2.75) is 37.9 Å². The molecule has 0 heterocycles. The number of phenols is 1. The van der Waals surface area contributed by atoms with Crippen LogP contribution in [0.25, 0.3) is 0 Å². The Morgan fingerprint density at radius 3 is 2.06 bits per heavy atom. The smallest absolute Gasteiger partial charge is 0.391 e. The molecule has 0 spiro atoms. The lowest BCUT2D eigenvalue weighted by atomic mass is 9.85. The van der Waals surface area contributed by atoms with Gasteiger partial charge in [-0.2, -0.15) is 13.2 Å². The average Bonchev–Trinajstić information content (AvgIpc) is 2.32. The van der Waals surface area contributed by atoms with Crippen LogP contribution in [0.5, 0.6) is 5.75 Å². The molecule has 1 aromatic carbocycles. The number of hydrogen-bond donors (Lipinski definition) is 2. The Bertz CT molecular complexity index is 380. The standard InChI is InChI=1S/C13H16F3NO/c14-13(15,16)9-1-3-10(4-2-9)17-11-5-7-12(18)8-6-11/h5-10,17-18H,1-4H2. The van der Waals surface area contributed by atoms with Gasteiger partial charge in [0.25, 0.3) is 0 Å². The summed E-state index contributed by atoms with van der Waals surface area (Å²) in [5, 5.41) is 12.3. The first-order valence-corrected chi connectivity index (χ1v) is 6.07. The molecule has 2 nitrogen and oxygen atoms in total. The number of aromatic hydroxyl groups is 1. The highest BCUT2D eigenvalue weighted by molar-refractivity contribution is 5.46. The zero-order chi connectivity index (χ0) is 13.2. The average molecular weight is 259 g/mol. The van der Waals surface area contributed by atoms with Crippen molar-refractivity contribution in [3.8, 4) is 5.75 Å². The van der Waals surface area contributed by atoms with Gasteiger partial charge in [-0.25, -0.2) is 0 Å². The predicted octanol–water partition coefficient (Wildman–Crippen LogP) is 3.93. The SMILES string of the molecule is Oc1ccc(NC2CCC(C(F)(F)F)CC2)cc1. The molecular formula is C13H16F3NO. The van der Waals surface area contributed by atoms with E-state index >= 15 is 0 Å². The van der Waals surface area contributed by atoms with Crippen molar-refractivity contribution in [2.24, 2.45) is 5.92 Å². The fourth-order valence-corrected chi connectivity index (χ4v) is 2.36. The number of halogens is 3. The van der Waals surface area contributed by atoms with Crippen LogP contribution in [0.2, 0.25) is 0 Å². The van der Waals surface area contributed by atoms with Crippen LogP contribution in [0.4, 0.5) is 18.9 Å². The molecule has 0 amide bonds. The molecule has 0 atom stereocenters. The molecule has 1 saturated carbocycles. The third-order valence-electron chi connectivity index (χ3n) is 3.43. The highest BCUT2D eigenvalue weighted by Gasteiger charge is 2.41. The van der Waals surface area contributed by atoms with Gasteiger partial charge in [-0.1, -0.05) is 0 Å². The van der Waals surface area contributed by atoms with E-state index in [0.29, 0.717) is 12.8 Å². The quantitative estimate of drug-likeness (QED) is 0.789. The second-order valence-electron chi connectivity index (χ2n) is 4.78. The maximum Gasteiger partial charge on any atom is 0.391 e. The normalized spacial score (nSPS) is 24.8. The van der Waals surface area contributed by atoms with Crippen LogP contribution >= 0.6 is 0 Å². The lowest BCUT2D eigenvalue weighted by molar-refractivity contribution is -0.182. The highest BCUT2D eigenvalue weighted by Crippen LogP contribution is 2.38. The lowest BCUT2D eigenvalue weighted by Gasteiger charge is -2.30. The first kappa shape index (κ1) is 13.1. The van der Waals surface area contributed by atoms with Crippen molar-refractivity contribution >= 4 is 5.69 Å². The maximum atomic E-state index is 12.5. The van der Waals surface area contributed by atoms with Crippen molar-refractivity contribution in [2.75, 3.05) is 5.32 Å². The number of phenolic OH excluding ortho intramolecular Hbond substituents is 1. The van der Waals surface area contributed by atoms with Crippen molar-refractivity contribution in [1.29, 1.82) is 0 Å². The van der Waals surface area contributed by atoms with Gasteiger partial charge in [-0.15, -0.1) is 0 Å². The zero-order valence-corrected chi connectivity index (χ0v) is 9.87. The first-order valence-electron chi connectivity index (χ1n) is 6.07. The number of nitrogens with one attached hydrogen (secondary N) is 1. The minimum absolute atomic E-state index is 0.0909. The Morgan fingerprint density at radius 1 is 1.00 bits per heavy atom. The number of anilines is 1. The van der Waals surface area contributed by atoms with Crippen LogP contribution in [-0.4, -0.2) is 17.3 Å². The van der Waals surface area contributed by atoms with Crippen LogP contribution in [0.15, 0.2) is 24.3 Å². The Morgan fingerprint density at radius 2 is 1.56 bits per heavy atom. The van der Waals surface area contributed by atoms with Gasteiger partial charge >= 0.3 is 6.18 Å². The predicted molar refractivity (Wildman–Crippen MR) is 63.5 cm³/mol. The maximum absolute atomic E-state index is 12.5. The molecule has 2 rings (SSSR count). The van der Waals surface area contributed by atoms with Crippen LogP contribution in [0.3, 0.4) is 0 Å². The Hall–Kier alpha value is -1.39. The largest absolute Gasteiger partial charge is 0.508 e.